The molecular formula is C25H23FN4OS2. The van der Waals surface area contributed by atoms with E-state index < -0.39 is 0 Å². The summed E-state index contributed by atoms with van der Waals surface area (Å²) >= 11 is 3.11. The quantitative estimate of drug-likeness (QED) is 0.331. The first-order chi connectivity index (χ1) is 16.2. The van der Waals surface area contributed by atoms with Crippen molar-refractivity contribution in [3.05, 3.63) is 82.3 Å². The summed E-state index contributed by atoms with van der Waals surface area (Å²) in [6, 6.07) is 18.4. The van der Waals surface area contributed by atoms with Crippen LogP contribution >= 0.6 is 23.1 Å². The zero-order chi connectivity index (χ0) is 22.8. The maximum absolute atomic E-state index is 14.6. The Kier molecular flexibility index (Phi) is 6.28. The number of thiophene rings is 1. The second-order valence-corrected chi connectivity index (χ2v) is 9.75. The van der Waals surface area contributed by atoms with Crippen molar-refractivity contribution < 1.29 is 9.18 Å². The van der Waals surface area contributed by atoms with Crippen molar-refractivity contribution in [3.63, 3.8) is 0 Å². The standard InChI is InChI=1S/C25H23FN4OS2/c1-2-21-19-13-15-32-22(19)12-14-29(21)23(31)16-33-25-28-27-24(18-10-6-7-11-20(18)26)30(25)17-8-4-3-5-9-17/h3-11,13,15,21H,2,12,14,16H2,1H3. The highest BCUT2D eigenvalue weighted by molar-refractivity contribution is 7.99. The fourth-order valence-corrected chi connectivity index (χ4v) is 6.10. The molecule has 1 aliphatic rings. The van der Waals surface area contributed by atoms with E-state index in [0.29, 0.717) is 16.5 Å². The molecule has 0 fully saturated rings. The number of fused-ring (bicyclic) bond motifs is 1. The first kappa shape index (κ1) is 21.9. The second-order valence-electron chi connectivity index (χ2n) is 7.81. The van der Waals surface area contributed by atoms with Crippen LogP contribution in [-0.2, 0) is 11.2 Å². The van der Waals surface area contributed by atoms with Crippen molar-refractivity contribution in [2.75, 3.05) is 12.3 Å². The second kappa shape index (κ2) is 9.49. The summed E-state index contributed by atoms with van der Waals surface area (Å²) in [4.78, 5) is 16.6. The number of rotatable bonds is 6. The SMILES string of the molecule is CCC1c2ccsc2CCN1C(=O)CSc1nnc(-c2ccccc2F)n1-c1ccccc1. The molecule has 168 valence electrons. The van der Waals surface area contributed by atoms with Gasteiger partial charge in [-0.3, -0.25) is 9.36 Å². The van der Waals surface area contributed by atoms with Crippen molar-refractivity contribution in [2.45, 2.75) is 31.0 Å². The molecule has 0 spiro atoms. The molecule has 8 heteroatoms. The Bertz CT molecular complexity index is 1270. The van der Waals surface area contributed by atoms with Crippen LogP contribution in [0.3, 0.4) is 0 Å². The van der Waals surface area contributed by atoms with E-state index in [1.54, 1.807) is 29.5 Å². The van der Waals surface area contributed by atoms with Crippen LogP contribution in [0.25, 0.3) is 17.1 Å². The summed E-state index contributed by atoms with van der Waals surface area (Å²) in [5.74, 6) is 0.388. The Morgan fingerprint density at radius 2 is 1.91 bits per heavy atom. The summed E-state index contributed by atoms with van der Waals surface area (Å²) < 4.78 is 16.4. The van der Waals surface area contributed by atoms with Gasteiger partial charge in [-0.1, -0.05) is 49.0 Å². The van der Waals surface area contributed by atoms with Gasteiger partial charge in [-0.25, -0.2) is 4.39 Å². The van der Waals surface area contributed by atoms with Crippen molar-refractivity contribution >= 4 is 29.0 Å². The zero-order valence-corrected chi connectivity index (χ0v) is 19.8. The Morgan fingerprint density at radius 1 is 1.12 bits per heavy atom. The van der Waals surface area contributed by atoms with E-state index >= 15 is 0 Å². The molecule has 33 heavy (non-hydrogen) atoms. The maximum Gasteiger partial charge on any atom is 0.233 e. The van der Waals surface area contributed by atoms with E-state index in [0.717, 1.165) is 25.1 Å². The van der Waals surface area contributed by atoms with Crippen LogP contribution in [0.1, 0.15) is 29.8 Å². The van der Waals surface area contributed by atoms with Gasteiger partial charge in [0.05, 0.1) is 17.4 Å². The van der Waals surface area contributed by atoms with Crippen LogP contribution in [0.15, 0.2) is 71.2 Å². The molecule has 3 heterocycles. The maximum atomic E-state index is 14.6. The number of amides is 1. The van der Waals surface area contributed by atoms with Gasteiger partial charge in [0.2, 0.25) is 5.91 Å². The average molecular weight is 479 g/mol. The molecule has 0 N–H and O–H groups in total. The molecule has 1 atom stereocenters. The third-order valence-electron chi connectivity index (χ3n) is 5.89. The summed E-state index contributed by atoms with van der Waals surface area (Å²) in [6.07, 6.45) is 1.79. The van der Waals surface area contributed by atoms with Gasteiger partial charge in [0.25, 0.3) is 0 Å². The minimum absolute atomic E-state index is 0.0822. The van der Waals surface area contributed by atoms with Crippen LogP contribution in [0, 0.1) is 5.82 Å². The lowest BCUT2D eigenvalue weighted by Crippen LogP contribution is -2.40. The lowest BCUT2D eigenvalue weighted by atomic mass is 9.98. The lowest BCUT2D eigenvalue weighted by Gasteiger charge is -2.35. The van der Waals surface area contributed by atoms with Crippen molar-refractivity contribution in [3.8, 4) is 17.1 Å². The molecule has 2 aromatic heterocycles. The molecular weight excluding hydrogens is 455 g/mol. The number of carbonyl (C=O) groups is 1. The highest BCUT2D eigenvalue weighted by Crippen LogP contribution is 2.36. The van der Waals surface area contributed by atoms with Crippen molar-refractivity contribution in [1.82, 2.24) is 19.7 Å². The Hall–Kier alpha value is -2.97. The van der Waals surface area contributed by atoms with Gasteiger partial charge in [-0.2, -0.15) is 0 Å². The predicted molar refractivity (Wildman–Crippen MR) is 130 cm³/mol. The largest absolute Gasteiger partial charge is 0.335 e. The van der Waals surface area contributed by atoms with Gasteiger partial charge in [0.1, 0.15) is 5.82 Å². The van der Waals surface area contributed by atoms with Gasteiger partial charge in [0, 0.05) is 17.1 Å². The normalized spacial score (nSPS) is 15.5. The fraction of sp³-hybridized carbons (Fsp3) is 0.240. The molecule has 1 unspecified atom stereocenters. The van der Waals surface area contributed by atoms with E-state index in [9.17, 15) is 9.18 Å². The van der Waals surface area contributed by atoms with Crippen LogP contribution in [0.5, 0.6) is 0 Å². The topological polar surface area (TPSA) is 51.0 Å². The number of halogens is 1. The van der Waals surface area contributed by atoms with Gasteiger partial charge in [-0.15, -0.1) is 21.5 Å². The Balaban J connectivity index is 1.42. The first-order valence-corrected chi connectivity index (χ1v) is 12.8. The lowest BCUT2D eigenvalue weighted by molar-refractivity contribution is -0.131. The van der Waals surface area contributed by atoms with Crippen LogP contribution in [0.4, 0.5) is 4.39 Å². The van der Waals surface area contributed by atoms with Crippen molar-refractivity contribution in [2.24, 2.45) is 0 Å². The molecule has 5 rings (SSSR count). The van der Waals surface area contributed by atoms with Crippen LogP contribution in [-0.4, -0.2) is 37.9 Å². The van der Waals surface area contributed by atoms with E-state index in [-0.39, 0.29) is 23.5 Å². The third kappa shape index (κ3) is 4.20. The fourth-order valence-electron chi connectivity index (χ4n) is 4.33. The summed E-state index contributed by atoms with van der Waals surface area (Å²) in [5.41, 5.74) is 2.48. The highest BCUT2D eigenvalue weighted by Gasteiger charge is 2.30. The number of nitrogens with zero attached hydrogens (tertiary/aromatic N) is 4. The molecule has 0 bridgehead atoms. The molecule has 0 saturated heterocycles. The molecule has 0 saturated carbocycles. The molecule has 2 aromatic carbocycles. The van der Waals surface area contributed by atoms with Crippen molar-refractivity contribution in [1.29, 1.82) is 0 Å². The number of hydrogen-bond donors (Lipinski definition) is 0. The molecule has 1 aliphatic heterocycles. The minimum atomic E-state index is -0.361. The monoisotopic (exact) mass is 478 g/mol. The average Bonchev–Trinajstić information content (AvgIpc) is 3.50. The molecule has 0 radical (unpaired) electrons. The first-order valence-electron chi connectivity index (χ1n) is 10.9. The van der Waals surface area contributed by atoms with E-state index in [2.05, 4.69) is 28.6 Å². The summed E-state index contributed by atoms with van der Waals surface area (Å²) in [6.45, 7) is 2.86. The summed E-state index contributed by atoms with van der Waals surface area (Å²) in [7, 11) is 0. The zero-order valence-electron chi connectivity index (χ0n) is 18.1. The number of hydrogen-bond acceptors (Lipinski definition) is 5. The Labute approximate surface area is 200 Å². The van der Waals surface area contributed by atoms with Gasteiger partial charge in [-0.05, 0) is 54.1 Å². The molecule has 4 aromatic rings. The van der Waals surface area contributed by atoms with Gasteiger partial charge < -0.3 is 4.90 Å². The number of carbonyl (C=O) groups excluding carboxylic acids is 1. The van der Waals surface area contributed by atoms with Gasteiger partial charge in [0.15, 0.2) is 11.0 Å². The number of aromatic nitrogens is 3. The highest BCUT2D eigenvalue weighted by atomic mass is 32.2. The van der Waals surface area contributed by atoms with E-state index in [1.165, 1.54) is 28.3 Å². The molecule has 5 nitrogen and oxygen atoms in total. The predicted octanol–water partition coefficient (Wildman–Crippen LogP) is 5.76. The minimum Gasteiger partial charge on any atom is -0.335 e. The molecule has 1 amide bonds. The van der Waals surface area contributed by atoms with Crippen LogP contribution in [0.2, 0.25) is 0 Å². The number of thioether (sulfide) groups is 1. The van der Waals surface area contributed by atoms with E-state index in [1.807, 2.05) is 39.8 Å². The summed E-state index contributed by atoms with van der Waals surface area (Å²) in [5, 5.41) is 11.3. The molecule has 0 aliphatic carbocycles. The third-order valence-corrected chi connectivity index (χ3v) is 7.80. The number of benzene rings is 2. The van der Waals surface area contributed by atoms with Crippen LogP contribution < -0.4 is 0 Å². The Morgan fingerprint density at radius 3 is 2.70 bits per heavy atom. The van der Waals surface area contributed by atoms with E-state index in [4.69, 9.17) is 0 Å². The smallest absolute Gasteiger partial charge is 0.233 e. The number of para-hydroxylation sites is 1. The van der Waals surface area contributed by atoms with Gasteiger partial charge >= 0.3 is 0 Å².